The Hall–Kier alpha value is -1.79. The molecule has 0 bridgehead atoms. The molecule has 1 saturated heterocycles. The molecular weight excluding hydrogens is 422 g/mol. The third-order valence-electron chi connectivity index (χ3n) is 10.1. The summed E-state index contributed by atoms with van der Waals surface area (Å²) in [5.74, 6) is 3.04. The number of amides is 1. The van der Waals surface area contributed by atoms with Gasteiger partial charge in [-0.3, -0.25) is 9.59 Å². The van der Waals surface area contributed by atoms with Crippen molar-refractivity contribution in [3.05, 3.63) is 0 Å². The maximum atomic E-state index is 13.4. The largest absolute Gasteiger partial charge is 0.469 e. The summed E-state index contributed by atoms with van der Waals surface area (Å²) in [7, 11) is 1.50. The number of likely N-dealkylation sites (tertiary alicyclic amines) is 1. The van der Waals surface area contributed by atoms with E-state index in [2.05, 4.69) is 0 Å². The monoisotopic (exact) mass is 459 g/mol. The highest BCUT2D eigenvalue weighted by Gasteiger charge is 3.11. The van der Waals surface area contributed by atoms with E-state index in [-0.39, 0.29) is 40.7 Å². The normalized spacial score (nSPS) is 45.9. The van der Waals surface area contributed by atoms with Crippen LogP contribution in [0.1, 0.15) is 54.4 Å². The molecule has 1 amide bonds. The molecular formula is C26H37NO6. The van der Waals surface area contributed by atoms with Crippen LogP contribution in [0, 0.1) is 58.2 Å². The topological polar surface area (TPSA) is 82.1 Å². The smallest absolute Gasteiger partial charge is 0.410 e. The molecule has 7 fully saturated rings. The summed E-state index contributed by atoms with van der Waals surface area (Å²) >= 11 is 0. The minimum Gasteiger partial charge on any atom is -0.469 e. The SMILES string of the molecule is COC(=O)C12C3C4C5C3C1C5(CC(C(=O)OC(C)(C)C)[C@H]1CCN(C(=O)OC(C)(C)C)C1)C42. The molecule has 5 unspecified atom stereocenters. The van der Waals surface area contributed by atoms with Crippen molar-refractivity contribution in [3.8, 4) is 0 Å². The van der Waals surface area contributed by atoms with Crippen molar-refractivity contribution in [3.63, 3.8) is 0 Å². The molecule has 0 aromatic carbocycles. The van der Waals surface area contributed by atoms with E-state index in [0.29, 0.717) is 48.6 Å². The molecule has 0 N–H and O–H groups in total. The highest BCUT2D eigenvalue weighted by Crippen LogP contribution is 3.11. The van der Waals surface area contributed by atoms with Gasteiger partial charge in [0.15, 0.2) is 0 Å². The van der Waals surface area contributed by atoms with Crippen LogP contribution < -0.4 is 0 Å². The van der Waals surface area contributed by atoms with Crippen LogP contribution in [0.4, 0.5) is 4.79 Å². The van der Waals surface area contributed by atoms with Gasteiger partial charge < -0.3 is 19.1 Å². The lowest BCUT2D eigenvalue weighted by Gasteiger charge is -3.10. The molecule has 0 aromatic heterocycles. The van der Waals surface area contributed by atoms with Crippen LogP contribution in [0.2, 0.25) is 0 Å². The molecule has 182 valence electrons. The molecule has 1 heterocycles. The van der Waals surface area contributed by atoms with Gasteiger partial charge in [-0.05, 0) is 101 Å². The van der Waals surface area contributed by atoms with E-state index >= 15 is 0 Å². The average molecular weight is 460 g/mol. The van der Waals surface area contributed by atoms with Gasteiger partial charge in [0.1, 0.15) is 11.2 Å². The number of carbonyl (C=O) groups excluding carboxylic acids is 3. The molecule has 7 rings (SSSR count). The molecule has 0 spiro atoms. The lowest BCUT2D eigenvalue weighted by Crippen LogP contribution is -3.11. The van der Waals surface area contributed by atoms with Crippen LogP contribution in [-0.4, -0.2) is 54.3 Å². The summed E-state index contributed by atoms with van der Waals surface area (Å²) in [4.78, 5) is 40.5. The fourth-order valence-electron chi connectivity index (χ4n) is 9.65. The first-order valence-electron chi connectivity index (χ1n) is 12.6. The molecule has 0 radical (unpaired) electrons. The summed E-state index contributed by atoms with van der Waals surface area (Å²) in [5, 5.41) is 0. The first-order chi connectivity index (χ1) is 15.3. The molecule has 7 aliphatic rings. The van der Waals surface area contributed by atoms with Crippen LogP contribution >= 0.6 is 0 Å². The van der Waals surface area contributed by atoms with Crippen LogP contribution in [0.15, 0.2) is 0 Å². The van der Waals surface area contributed by atoms with E-state index in [1.165, 1.54) is 7.11 Å². The van der Waals surface area contributed by atoms with Gasteiger partial charge >= 0.3 is 18.0 Å². The number of hydrogen-bond acceptors (Lipinski definition) is 6. The van der Waals surface area contributed by atoms with Crippen molar-refractivity contribution < 1.29 is 28.6 Å². The fraction of sp³-hybridized carbons (Fsp3) is 0.885. The molecule has 1 aliphatic heterocycles. The van der Waals surface area contributed by atoms with E-state index in [9.17, 15) is 14.4 Å². The predicted molar refractivity (Wildman–Crippen MR) is 118 cm³/mol. The predicted octanol–water partition coefficient (Wildman–Crippen LogP) is 3.50. The Bertz CT molecular complexity index is 923. The number of ether oxygens (including phenoxy) is 3. The lowest BCUT2D eigenvalue weighted by molar-refractivity contribution is -0.646. The van der Waals surface area contributed by atoms with Gasteiger partial charge in [0, 0.05) is 13.1 Å². The number of carbonyl (C=O) groups is 3. The van der Waals surface area contributed by atoms with Gasteiger partial charge in [-0.2, -0.15) is 0 Å². The van der Waals surface area contributed by atoms with E-state index in [0.717, 1.165) is 12.8 Å². The van der Waals surface area contributed by atoms with Gasteiger partial charge in [0.25, 0.3) is 0 Å². The Balaban J connectivity index is 1.20. The minimum absolute atomic E-state index is 0.0189. The van der Waals surface area contributed by atoms with E-state index in [4.69, 9.17) is 14.2 Å². The summed E-state index contributed by atoms with van der Waals surface area (Å²) in [6.45, 7) is 12.4. The highest BCUT2D eigenvalue weighted by atomic mass is 16.6. The minimum atomic E-state index is -0.557. The van der Waals surface area contributed by atoms with Crippen LogP contribution in [0.5, 0.6) is 0 Å². The Morgan fingerprint density at radius 3 is 2.12 bits per heavy atom. The van der Waals surface area contributed by atoms with E-state index in [1.54, 1.807) is 4.90 Å². The second-order valence-electron chi connectivity index (χ2n) is 13.5. The van der Waals surface area contributed by atoms with Gasteiger partial charge in [-0.1, -0.05) is 0 Å². The van der Waals surface area contributed by atoms with Gasteiger partial charge in [0.2, 0.25) is 0 Å². The first-order valence-corrected chi connectivity index (χ1v) is 12.6. The molecule has 6 aliphatic carbocycles. The summed E-state index contributed by atoms with van der Waals surface area (Å²) in [6, 6.07) is 0. The van der Waals surface area contributed by atoms with E-state index in [1.807, 2.05) is 41.5 Å². The maximum absolute atomic E-state index is 13.4. The fourth-order valence-corrected chi connectivity index (χ4v) is 9.65. The molecule has 33 heavy (non-hydrogen) atoms. The summed E-state index contributed by atoms with van der Waals surface area (Å²) < 4.78 is 16.7. The van der Waals surface area contributed by atoms with Crippen LogP contribution in [0.25, 0.3) is 0 Å². The Labute approximate surface area is 195 Å². The van der Waals surface area contributed by atoms with Crippen molar-refractivity contribution in [1.29, 1.82) is 0 Å². The van der Waals surface area contributed by atoms with Crippen molar-refractivity contribution >= 4 is 18.0 Å². The van der Waals surface area contributed by atoms with Crippen LogP contribution in [-0.2, 0) is 23.8 Å². The molecule has 6 saturated carbocycles. The second kappa shape index (κ2) is 6.06. The Morgan fingerprint density at radius 2 is 1.58 bits per heavy atom. The average Bonchev–Trinajstić information content (AvgIpc) is 3.18. The molecule has 6 atom stereocenters. The summed E-state index contributed by atoms with van der Waals surface area (Å²) in [5.41, 5.74) is -1.20. The Morgan fingerprint density at radius 1 is 0.970 bits per heavy atom. The molecule has 7 heteroatoms. The standard InChI is InChI=1S/C26H37NO6/c1-23(2,3)32-20(28)13(12-8-9-27(11-12)22(30)33-24(4,5)6)10-25-16-14-17-15(16)19(25)26(17,18(14)25)21(29)31-7/h12-19H,8-11H2,1-7H3/t12-,13?,14?,15?,16?,17?,18?,19?,25?,26?/m0/s1. The lowest BCUT2D eigenvalue weighted by atomic mass is 8.92. The molecule has 0 aromatic rings. The zero-order valence-electron chi connectivity index (χ0n) is 20.8. The number of methoxy groups -OCH3 is 1. The van der Waals surface area contributed by atoms with Crippen LogP contribution in [0.3, 0.4) is 0 Å². The Kier molecular flexibility index (Phi) is 3.99. The zero-order valence-corrected chi connectivity index (χ0v) is 20.8. The first kappa shape index (κ1) is 21.7. The quantitative estimate of drug-likeness (QED) is 0.462. The van der Waals surface area contributed by atoms with Gasteiger partial charge in [-0.25, -0.2) is 4.79 Å². The maximum Gasteiger partial charge on any atom is 0.410 e. The third kappa shape index (κ3) is 2.30. The molecule has 7 nitrogen and oxygen atoms in total. The zero-order chi connectivity index (χ0) is 23.9. The van der Waals surface area contributed by atoms with E-state index < -0.39 is 11.2 Å². The third-order valence-corrected chi connectivity index (χ3v) is 10.1. The highest BCUT2D eigenvalue weighted by molar-refractivity contribution is 5.89. The summed E-state index contributed by atoms with van der Waals surface area (Å²) in [6.07, 6.45) is 1.25. The van der Waals surface area contributed by atoms with Crippen molar-refractivity contribution in [2.24, 2.45) is 58.2 Å². The van der Waals surface area contributed by atoms with Crippen molar-refractivity contribution in [2.75, 3.05) is 20.2 Å². The van der Waals surface area contributed by atoms with Crippen molar-refractivity contribution in [2.45, 2.75) is 65.6 Å². The van der Waals surface area contributed by atoms with Crippen molar-refractivity contribution in [1.82, 2.24) is 4.90 Å². The number of hydrogen-bond donors (Lipinski definition) is 0. The number of esters is 2. The van der Waals surface area contributed by atoms with Gasteiger partial charge in [0.05, 0.1) is 18.4 Å². The number of nitrogens with zero attached hydrogens (tertiary/aromatic N) is 1. The van der Waals surface area contributed by atoms with Gasteiger partial charge in [-0.15, -0.1) is 0 Å². The second-order valence-corrected chi connectivity index (χ2v) is 13.5. The number of rotatable bonds is 5.